The van der Waals surface area contributed by atoms with Crippen LogP contribution in [-0.4, -0.2) is 47.5 Å². The quantitative estimate of drug-likeness (QED) is 0.146. The van der Waals surface area contributed by atoms with Crippen molar-refractivity contribution in [3.05, 3.63) is 94.2 Å². The number of carbonyl (C=O) groups excluding carboxylic acids is 1. The van der Waals surface area contributed by atoms with Crippen LogP contribution in [-0.2, 0) is 25.2 Å². The monoisotopic (exact) mass is 592 g/mol. The summed E-state index contributed by atoms with van der Waals surface area (Å²) in [7, 11) is 0. The Morgan fingerprint density at radius 3 is 2.39 bits per heavy atom. The smallest absolute Gasteiger partial charge is 0.309 e. The molecule has 44 heavy (non-hydrogen) atoms. The number of ether oxygens (including phenoxy) is 1. The number of anilines is 1. The zero-order valence-corrected chi connectivity index (χ0v) is 26.6. The van der Waals surface area contributed by atoms with Gasteiger partial charge in [0.25, 0.3) is 6.47 Å². The number of hydrogen-bond acceptors (Lipinski definition) is 5. The van der Waals surface area contributed by atoms with Crippen LogP contribution in [0, 0.1) is 16.7 Å². The number of carboxylic acids is 1. The molecule has 0 unspecified atom stereocenters. The van der Waals surface area contributed by atoms with Crippen LogP contribution >= 0.6 is 0 Å². The van der Waals surface area contributed by atoms with E-state index in [1.165, 1.54) is 5.56 Å². The molecule has 0 saturated carbocycles. The molecule has 0 amide bonds. The van der Waals surface area contributed by atoms with E-state index in [2.05, 4.69) is 88.9 Å². The molecule has 2 aliphatic heterocycles. The highest BCUT2D eigenvalue weighted by Crippen LogP contribution is 2.50. The lowest BCUT2D eigenvalue weighted by Crippen LogP contribution is -2.33. The number of rotatable bonds is 9. The molecule has 0 bridgehead atoms. The molecule has 2 heterocycles. The molecule has 2 aromatic rings. The van der Waals surface area contributed by atoms with Crippen LogP contribution in [0.4, 0.5) is 11.4 Å². The van der Waals surface area contributed by atoms with E-state index in [4.69, 9.17) is 4.74 Å². The molecular formula is C37H42N3O4+. The predicted octanol–water partition coefficient (Wildman–Crippen LogP) is 6.96. The summed E-state index contributed by atoms with van der Waals surface area (Å²) in [6.45, 7) is 14.8. The van der Waals surface area contributed by atoms with Crippen LogP contribution in [0.2, 0.25) is 0 Å². The summed E-state index contributed by atoms with van der Waals surface area (Å²) < 4.78 is 7.16. The topological polar surface area (TPSA) is 93.6 Å². The second-order valence-electron chi connectivity index (χ2n) is 13.8. The van der Waals surface area contributed by atoms with Crippen molar-refractivity contribution in [2.75, 3.05) is 24.6 Å². The molecule has 3 aliphatic rings. The Labute approximate surface area is 260 Å². The van der Waals surface area contributed by atoms with Gasteiger partial charge in [-0.1, -0.05) is 70.2 Å². The average Bonchev–Trinajstić information content (AvgIpc) is 3.31. The van der Waals surface area contributed by atoms with Gasteiger partial charge in [0.15, 0.2) is 6.54 Å². The number of para-hydroxylation sites is 2. The number of aliphatic carboxylic acids is 1. The maximum atomic E-state index is 11.7. The van der Waals surface area contributed by atoms with Gasteiger partial charge in [0.1, 0.15) is 24.7 Å². The van der Waals surface area contributed by atoms with E-state index < -0.39 is 11.4 Å². The zero-order valence-electron chi connectivity index (χ0n) is 26.6. The summed E-state index contributed by atoms with van der Waals surface area (Å²) >= 11 is 0. The Bertz CT molecular complexity index is 1680. The van der Waals surface area contributed by atoms with Crippen LogP contribution in [0.25, 0.3) is 0 Å². The van der Waals surface area contributed by atoms with E-state index in [9.17, 15) is 20.0 Å². The molecule has 2 aromatic carbocycles. The molecular weight excluding hydrogens is 550 g/mol. The molecule has 0 fully saturated rings. The van der Waals surface area contributed by atoms with Gasteiger partial charge in [-0.25, -0.2) is 0 Å². The van der Waals surface area contributed by atoms with E-state index in [1.807, 2.05) is 28.8 Å². The lowest BCUT2D eigenvalue weighted by atomic mass is 9.71. The number of carbonyl (C=O) groups is 2. The Kier molecular flexibility index (Phi) is 8.15. The van der Waals surface area contributed by atoms with E-state index in [0.29, 0.717) is 18.6 Å². The number of nitriles is 1. The van der Waals surface area contributed by atoms with Crippen LogP contribution in [0.5, 0.6) is 0 Å². The van der Waals surface area contributed by atoms with Gasteiger partial charge in [-0.3, -0.25) is 9.59 Å². The first-order valence-electron chi connectivity index (χ1n) is 15.3. The second kappa shape index (κ2) is 11.6. The minimum Gasteiger partial charge on any atom is -0.481 e. The number of nitrogens with zero attached hydrogens (tertiary/aromatic N) is 3. The molecule has 0 saturated heterocycles. The highest BCUT2D eigenvalue weighted by Gasteiger charge is 2.48. The molecule has 7 heteroatoms. The fourth-order valence-corrected chi connectivity index (χ4v) is 7.41. The third kappa shape index (κ3) is 5.50. The minimum absolute atomic E-state index is 0.0278. The SMILES string of the molecule is CC1(C)CC(/C=C2/N(CCOC=O)c3ccccc3C2(C)C)=CC(=C(\C#N)C2=[N+](CCC(=O)O)c3ccccc3C2(C)C)/C1. The summed E-state index contributed by atoms with van der Waals surface area (Å²) in [5.41, 5.74) is 8.21. The molecule has 7 nitrogen and oxygen atoms in total. The number of hydrogen-bond donors (Lipinski definition) is 1. The first-order valence-corrected chi connectivity index (χ1v) is 15.3. The number of fused-ring (bicyclic) bond motifs is 2. The van der Waals surface area contributed by atoms with E-state index in [-0.39, 0.29) is 30.4 Å². The van der Waals surface area contributed by atoms with Gasteiger partial charge in [0, 0.05) is 28.4 Å². The van der Waals surface area contributed by atoms with Crippen LogP contribution in [0.15, 0.2) is 83.1 Å². The molecule has 1 aliphatic carbocycles. The van der Waals surface area contributed by atoms with E-state index in [1.54, 1.807) is 0 Å². The fourth-order valence-electron chi connectivity index (χ4n) is 7.41. The molecule has 228 valence electrons. The Morgan fingerprint density at radius 2 is 1.70 bits per heavy atom. The normalized spacial score (nSPS) is 21.3. The van der Waals surface area contributed by atoms with Crippen LogP contribution in [0.1, 0.15) is 71.9 Å². The van der Waals surface area contributed by atoms with Crippen molar-refractivity contribution < 1.29 is 24.0 Å². The Balaban J connectivity index is 1.68. The molecule has 0 spiro atoms. The van der Waals surface area contributed by atoms with Crippen molar-refractivity contribution in [3.63, 3.8) is 0 Å². The maximum Gasteiger partial charge on any atom is 0.309 e. The predicted molar refractivity (Wildman–Crippen MR) is 172 cm³/mol. The van der Waals surface area contributed by atoms with Gasteiger partial charge in [-0.05, 0) is 61.0 Å². The summed E-state index contributed by atoms with van der Waals surface area (Å²) in [4.78, 5) is 24.8. The average molecular weight is 593 g/mol. The van der Waals surface area contributed by atoms with Gasteiger partial charge in [-0.15, -0.1) is 0 Å². The number of benzene rings is 2. The van der Waals surface area contributed by atoms with Crippen molar-refractivity contribution in [2.45, 2.75) is 71.6 Å². The van der Waals surface area contributed by atoms with Gasteiger partial charge in [0.2, 0.25) is 11.4 Å². The van der Waals surface area contributed by atoms with Crippen LogP contribution < -0.4 is 4.90 Å². The largest absolute Gasteiger partial charge is 0.481 e. The van der Waals surface area contributed by atoms with Crippen molar-refractivity contribution in [1.82, 2.24) is 0 Å². The van der Waals surface area contributed by atoms with E-state index in [0.717, 1.165) is 52.3 Å². The van der Waals surface area contributed by atoms with Crippen molar-refractivity contribution in [2.24, 2.45) is 5.41 Å². The van der Waals surface area contributed by atoms with Crippen LogP contribution in [0.3, 0.4) is 0 Å². The minimum atomic E-state index is -0.867. The summed E-state index contributed by atoms with van der Waals surface area (Å²) in [5.74, 6) is -0.867. The third-order valence-electron chi connectivity index (χ3n) is 9.28. The second-order valence-corrected chi connectivity index (χ2v) is 13.8. The Hall–Kier alpha value is -4.44. The molecule has 1 N–H and O–H groups in total. The molecule has 5 rings (SSSR count). The first kappa shape index (κ1) is 31.0. The standard InChI is InChI=1S/C37H41N3O4/c1-35(2)21-25(20-32-36(3,4)28-11-7-9-13-30(28)39(32)17-18-44-24-41)19-26(22-35)27(23-38)34-37(5,6)29-12-8-10-14-31(29)40(34)16-15-33(42)43/h7-14,19-20,24H,15-18,21-22H2,1-6H3/p+1. The molecule has 0 aromatic heterocycles. The molecule has 0 atom stereocenters. The third-order valence-corrected chi connectivity index (χ3v) is 9.28. The Morgan fingerprint density at radius 1 is 1.02 bits per heavy atom. The van der Waals surface area contributed by atoms with Crippen molar-refractivity contribution >= 4 is 29.5 Å². The van der Waals surface area contributed by atoms with E-state index >= 15 is 0 Å². The molecule has 0 radical (unpaired) electrons. The fraction of sp³-hybridized carbons (Fsp3) is 0.405. The van der Waals surface area contributed by atoms with Gasteiger partial charge >= 0.3 is 5.97 Å². The lowest BCUT2D eigenvalue weighted by molar-refractivity contribution is -0.437. The number of allylic oxidation sites excluding steroid dienone is 6. The van der Waals surface area contributed by atoms with Gasteiger partial charge in [-0.2, -0.15) is 9.84 Å². The first-order chi connectivity index (χ1) is 20.8. The highest BCUT2D eigenvalue weighted by molar-refractivity contribution is 6.10. The van der Waals surface area contributed by atoms with Gasteiger partial charge < -0.3 is 14.7 Å². The highest BCUT2D eigenvalue weighted by atomic mass is 16.5. The summed E-state index contributed by atoms with van der Waals surface area (Å²) in [6.07, 6.45) is 5.98. The summed E-state index contributed by atoms with van der Waals surface area (Å²) in [5, 5.41) is 20.3. The van der Waals surface area contributed by atoms with Crippen molar-refractivity contribution in [1.29, 1.82) is 5.26 Å². The summed E-state index contributed by atoms with van der Waals surface area (Å²) in [6, 6.07) is 19.0. The zero-order chi connectivity index (χ0) is 31.9. The maximum absolute atomic E-state index is 11.7. The number of carboxylic acid groups (broad SMARTS) is 1. The lowest BCUT2D eigenvalue weighted by Gasteiger charge is -2.33. The van der Waals surface area contributed by atoms with Gasteiger partial charge in [0.05, 0.1) is 12.0 Å². The van der Waals surface area contributed by atoms with Crippen molar-refractivity contribution in [3.8, 4) is 6.07 Å².